The number of nitrogens with two attached hydrogens (primary N) is 1. The predicted octanol–water partition coefficient (Wildman–Crippen LogP) is 2.98. The number of aryl methyl sites for hydroxylation is 1. The molecule has 1 atom stereocenters. The standard InChI is InChI=1S/C12H11F3N2/c1-5-3-7(6(2)16)8-4-9(13)10(14)11(15)12(8)17-5/h3-4,6H,16H2,1-2H3. The molecule has 2 N–H and O–H groups in total. The third-order valence-corrected chi connectivity index (χ3v) is 2.59. The average molecular weight is 240 g/mol. The average Bonchev–Trinajstić information content (AvgIpc) is 2.26. The lowest BCUT2D eigenvalue weighted by atomic mass is 10.0. The Morgan fingerprint density at radius 1 is 1.18 bits per heavy atom. The van der Waals surface area contributed by atoms with Crippen LogP contribution in [0.5, 0.6) is 0 Å². The Morgan fingerprint density at radius 3 is 2.41 bits per heavy atom. The first-order chi connectivity index (χ1) is 7.91. The molecule has 2 rings (SSSR count). The van der Waals surface area contributed by atoms with E-state index in [2.05, 4.69) is 4.98 Å². The van der Waals surface area contributed by atoms with Gasteiger partial charge in [0.25, 0.3) is 0 Å². The van der Waals surface area contributed by atoms with Crippen LogP contribution < -0.4 is 5.73 Å². The number of halogens is 3. The molecule has 0 spiro atoms. The van der Waals surface area contributed by atoms with Gasteiger partial charge in [0.1, 0.15) is 5.52 Å². The monoisotopic (exact) mass is 240 g/mol. The maximum atomic E-state index is 13.6. The van der Waals surface area contributed by atoms with Gasteiger partial charge in [0.05, 0.1) is 0 Å². The van der Waals surface area contributed by atoms with Crippen molar-refractivity contribution in [2.75, 3.05) is 0 Å². The molecule has 0 saturated heterocycles. The van der Waals surface area contributed by atoms with Crippen molar-refractivity contribution in [3.05, 3.63) is 40.8 Å². The summed E-state index contributed by atoms with van der Waals surface area (Å²) in [4.78, 5) is 3.88. The number of nitrogens with zero attached hydrogens (tertiary/aromatic N) is 1. The predicted molar refractivity (Wildman–Crippen MR) is 59.0 cm³/mol. The molecule has 90 valence electrons. The molecule has 17 heavy (non-hydrogen) atoms. The van der Waals surface area contributed by atoms with Gasteiger partial charge < -0.3 is 5.73 Å². The Hall–Kier alpha value is -1.62. The normalized spacial score (nSPS) is 13.1. The van der Waals surface area contributed by atoms with Crippen molar-refractivity contribution < 1.29 is 13.2 Å². The van der Waals surface area contributed by atoms with Gasteiger partial charge in [0.15, 0.2) is 17.5 Å². The van der Waals surface area contributed by atoms with Crippen LogP contribution in [-0.4, -0.2) is 4.98 Å². The van der Waals surface area contributed by atoms with Crippen molar-refractivity contribution in [2.45, 2.75) is 19.9 Å². The third-order valence-electron chi connectivity index (χ3n) is 2.59. The van der Waals surface area contributed by atoms with E-state index in [0.717, 1.165) is 6.07 Å². The minimum atomic E-state index is -1.51. The van der Waals surface area contributed by atoms with E-state index < -0.39 is 23.5 Å². The van der Waals surface area contributed by atoms with Crippen molar-refractivity contribution >= 4 is 10.9 Å². The minimum absolute atomic E-state index is 0.184. The highest BCUT2D eigenvalue weighted by Gasteiger charge is 2.18. The first kappa shape index (κ1) is 11.9. The number of pyridine rings is 1. The summed E-state index contributed by atoms with van der Waals surface area (Å²) >= 11 is 0. The maximum Gasteiger partial charge on any atom is 0.196 e. The number of rotatable bonds is 1. The van der Waals surface area contributed by atoms with Gasteiger partial charge in [-0.2, -0.15) is 0 Å². The van der Waals surface area contributed by atoms with Crippen LogP contribution in [0.3, 0.4) is 0 Å². The van der Waals surface area contributed by atoms with Crippen LogP contribution in [0.4, 0.5) is 13.2 Å². The summed E-state index contributed by atoms with van der Waals surface area (Å²) in [6.07, 6.45) is 0. The molecule has 0 fully saturated rings. The Balaban J connectivity index is 2.94. The van der Waals surface area contributed by atoms with Crippen LogP contribution in [0, 0.1) is 24.4 Å². The topological polar surface area (TPSA) is 38.9 Å². The van der Waals surface area contributed by atoms with Crippen LogP contribution in [0.2, 0.25) is 0 Å². The fourth-order valence-electron chi connectivity index (χ4n) is 1.80. The van der Waals surface area contributed by atoms with Crippen molar-refractivity contribution in [2.24, 2.45) is 5.73 Å². The highest BCUT2D eigenvalue weighted by atomic mass is 19.2. The van der Waals surface area contributed by atoms with Crippen molar-refractivity contribution in [1.82, 2.24) is 4.98 Å². The molecule has 1 aromatic heterocycles. The molecule has 0 aliphatic heterocycles. The molecule has 2 aromatic rings. The quantitative estimate of drug-likeness (QED) is 0.778. The molecule has 0 radical (unpaired) electrons. The Labute approximate surface area is 96.3 Å². The van der Waals surface area contributed by atoms with E-state index in [9.17, 15) is 13.2 Å². The largest absolute Gasteiger partial charge is 0.324 e. The summed E-state index contributed by atoms with van der Waals surface area (Å²) in [7, 11) is 0. The van der Waals surface area contributed by atoms with Crippen LogP contribution in [-0.2, 0) is 0 Å². The summed E-state index contributed by atoms with van der Waals surface area (Å²) < 4.78 is 39.8. The molecule has 5 heteroatoms. The molecule has 0 bridgehead atoms. The Bertz CT molecular complexity index is 594. The fourth-order valence-corrected chi connectivity index (χ4v) is 1.80. The Morgan fingerprint density at radius 2 is 1.82 bits per heavy atom. The zero-order chi connectivity index (χ0) is 12.7. The van der Waals surface area contributed by atoms with Crippen molar-refractivity contribution in [3.63, 3.8) is 0 Å². The molecule has 1 heterocycles. The molecular formula is C12H11F3N2. The van der Waals surface area contributed by atoms with E-state index >= 15 is 0 Å². The number of hydrogen-bond donors (Lipinski definition) is 1. The van der Waals surface area contributed by atoms with E-state index in [4.69, 9.17) is 5.73 Å². The summed E-state index contributed by atoms with van der Waals surface area (Å²) in [6, 6.07) is 2.16. The molecule has 2 nitrogen and oxygen atoms in total. The lowest BCUT2D eigenvalue weighted by molar-refractivity contribution is 0.452. The van der Waals surface area contributed by atoms with E-state index in [0.29, 0.717) is 11.3 Å². The van der Waals surface area contributed by atoms with Crippen molar-refractivity contribution in [1.29, 1.82) is 0 Å². The smallest absolute Gasteiger partial charge is 0.196 e. The van der Waals surface area contributed by atoms with Gasteiger partial charge in [-0.3, -0.25) is 0 Å². The van der Waals surface area contributed by atoms with E-state index in [1.165, 1.54) is 0 Å². The fraction of sp³-hybridized carbons (Fsp3) is 0.250. The number of benzene rings is 1. The summed E-state index contributed by atoms with van der Waals surface area (Å²) in [5.74, 6) is -4.01. The SMILES string of the molecule is Cc1cc(C(C)N)c2cc(F)c(F)c(F)c2n1. The van der Waals surface area contributed by atoms with E-state index in [1.54, 1.807) is 19.9 Å². The van der Waals surface area contributed by atoms with Gasteiger partial charge in [-0.15, -0.1) is 0 Å². The van der Waals surface area contributed by atoms with Crippen LogP contribution in [0.1, 0.15) is 24.2 Å². The second-order valence-corrected chi connectivity index (χ2v) is 4.02. The summed E-state index contributed by atoms with van der Waals surface area (Å²) in [5.41, 5.74) is 6.59. The minimum Gasteiger partial charge on any atom is -0.324 e. The molecule has 1 unspecified atom stereocenters. The zero-order valence-corrected chi connectivity index (χ0v) is 9.39. The molecule has 0 aliphatic rings. The van der Waals surface area contributed by atoms with E-state index in [1.807, 2.05) is 0 Å². The molecule has 0 amide bonds. The van der Waals surface area contributed by atoms with Crippen LogP contribution in [0.15, 0.2) is 12.1 Å². The maximum absolute atomic E-state index is 13.6. The zero-order valence-electron chi connectivity index (χ0n) is 9.39. The number of aromatic nitrogens is 1. The first-order valence-electron chi connectivity index (χ1n) is 5.12. The second kappa shape index (κ2) is 4.00. The van der Waals surface area contributed by atoms with Crippen molar-refractivity contribution in [3.8, 4) is 0 Å². The molecular weight excluding hydrogens is 229 g/mol. The van der Waals surface area contributed by atoms with Gasteiger partial charge in [-0.25, -0.2) is 18.2 Å². The highest BCUT2D eigenvalue weighted by Crippen LogP contribution is 2.27. The summed E-state index contributed by atoms with van der Waals surface area (Å²) in [5, 5.41) is 0.210. The van der Waals surface area contributed by atoms with Gasteiger partial charge >= 0.3 is 0 Å². The van der Waals surface area contributed by atoms with Gasteiger partial charge in [0, 0.05) is 17.1 Å². The van der Waals surface area contributed by atoms with Gasteiger partial charge in [-0.05, 0) is 31.5 Å². The van der Waals surface area contributed by atoms with Crippen LogP contribution >= 0.6 is 0 Å². The highest BCUT2D eigenvalue weighted by molar-refractivity contribution is 5.83. The third kappa shape index (κ3) is 1.86. The van der Waals surface area contributed by atoms with Gasteiger partial charge in [0.2, 0.25) is 0 Å². The summed E-state index contributed by atoms with van der Waals surface area (Å²) in [6.45, 7) is 3.33. The van der Waals surface area contributed by atoms with E-state index in [-0.39, 0.29) is 10.9 Å². The molecule has 0 saturated carbocycles. The number of hydrogen-bond acceptors (Lipinski definition) is 2. The van der Waals surface area contributed by atoms with Gasteiger partial charge in [-0.1, -0.05) is 0 Å². The first-order valence-corrected chi connectivity index (χ1v) is 5.12. The lowest BCUT2D eigenvalue weighted by Crippen LogP contribution is -2.08. The number of fused-ring (bicyclic) bond motifs is 1. The Kier molecular flexibility index (Phi) is 2.79. The second-order valence-electron chi connectivity index (χ2n) is 4.02. The molecule has 1 aromatic carbocycles. The van der Waals surface area contributed by atoms with Crippen LogP contribution in [0.25, 0.3) is 10.9 Å². The lowest BCUT2D eigenvalue weighted by Gasteiger charge is -2.12. The molecule has 0 aliphatic carbocycles.